The lowest BCUT2D eigenvalue weighted by Gasteiger charge is -2.05. The van der Waals surface area contributed by atoms with Crippen LogP contribution in [0.2, 0.25) is 0 Å². The van der Waals surface area contributed by atoms with Crippen molar-refractivity contribution in [2.75, 3.05) is 0 Å². The molecule has 1 N–H and O–H groups in total. The van der Waals surface area contributed by atoms with E-state index in [4.69, 9.17) is 0 Å². The summed E-state index contributed by atoms with van der Waals surface area (Å²) in [6, 6.07) is 0. The van der Waals surface area contributed by atoms with Crippen molar-refractivity contribution in [2.24, 2.45) is 7.05 Å². The lowest BCUT2D eigenvalue weighted by Crippen LogP contribution is -2.33. The van der Waals surface area contributed by atoms with Crippen LogP contribution in [0, 0.1) is 0 Å². The first kappa shape index (κ1) is 10.9. The Morgan fingerprint density at radius 3 is 2.75 bits per heavy atom. The normalized spacial score (nSPS) is 15.3. The third kappa shape index (κ3) is 2.13. The fraction of sp³-hybridized carbons (Fsp3) is 0.333. The standard InChI is InChI=1S/C9H9N3O3S/c1-12-9(10-7(14)8(15)11-12)16-6-3-2-5(13)4-6/h4H,2-3H2,1H3,(H,11,15). The topological polar surface area (TPSA) is 84.8 Å². The number of aromatic nitrogens is 3. The Kier molecular flexibility index (Phi) is 2.78. The molecule has 0 unspecified atom stereocenters. The fourth-order valence-electron chi connectivity index (χ4n) is 1.32. The average molecular weight is 239 g/mol. The molecule has 0 fully saturated rings. The summed E-state index contributed by atoms with van der Waals surface area (Å²) in [4.78, 5) is 37.5. The smallest absolute Gasteiger partial charge is 0.295 e. The van der Waals surface area contributed by atoms with Gasteiger partial charge in [-0.1, -0.05) is 11.8 Å². The number of ketones is 1. The highest BCUT2D eigenvalue weighted by Crippen LogP contribution is 2.30. The van der Waals surface area contributed by atoms with Gasteiger partial charge in [0.25, 0.3) is 0 Å². The predicted octanol–water partition coefficient (Wildman–Crippen LogP) is -0.193. The Hall–Kier alpha value is -1.63. The molecular formula is C9H9N3O3S. The van der Waals surface area contributed by atoms with E-state index in [0.29, 0.717) is 18.0 Å². The van der Waals surface area contributed by atoms with Crippen molar-refractivity contribution < 1.29 is 4.79 Å². The summed E-state index contributed by atoms with van der Waals surface area (Å²) in [5.74, 6) is 0.0805. The number of aryl methyl sites for hydroxylation is 1. The highest BCUT2D eigenvalue weighted by atomic mass is 32.2. The first-order valence-corrected chi connectivity index (χ1v) is 5.46. The third-order valence-corrected chi connectivity index (χ3v) is 3.24. The number of hydrogen-bond donors (Lipinski definition) is 1. The molecule has 0 amide bonds. The lowest BCUT2D eigenvalue weighted by molar-refractivity contribution is -0.114. The first-order valence-electron chi connectivity index (χ1n) is 4.65. The Balaban J connectivity index is 2.32. The van der Waals surface area contributed by atoms with Gasteiger partial charge in [0.2, 0.25) is 0 Å². The first-order chi connectivity index (χ1) is 7.56. The van der Waals surface area contributed by atoms with Crippen molar-refractivity contribution in [1.82, 2.24) is 14.8 Å². The summed E-state index contributed by atoms with van der Waals surface area (Å²) in [7, 11) is 1.59. The minimum atomic E-state index is -0.814. The van der Waals surface area contributed by atoms with Gasteiger partial charge in [0.05, 0.1) is 0 Å². The Morgan fingerprint density at radius 1 is 1.38 bits per heavy atom. The van der Waals surface area contributed by atoms with Crippen LogP contribution >= 0.6 is 11.8 Å². The van der Waals surface area contributed by atoms with Gasteiger partial charge < -0.3 is 0 Å². The molecule has 0 spiro atoms. The maximum absolute atomic E-state index is 11.1. The molecule has 84 valence electrons. The summed E-state index contributed by atoms with van der Waals surface area (Å²) >= 11 is 1.23. The molecule has 6 nitrogen and oxygen atoms in total. The Morgan fingerprint density at radius 2 is 2.12 bits per heavy atom. The van der Waals surface area contributed by atoms with Crippen LogP contribution in [0.4, 0.5) is 0 Å². The molecule has 0 saturated heterocycles. The molecule has 1 aromatic heterocycles. The molecule has 1 heterocycles. The van der Waals surface area contributed by atoms with Crippen molar-refractivity contribution in [3.63, 3.8) is 0 Å². The highest BCUT2D eigenvalue weighted by Gasteiger charge is 2.15. The number of allylic oxidation sites excluding steroid dienone is 2. The Bertz CT molecular complexity index is 584. The van der Waals surface area contributed by atoms with E-state index in [0.717, 1.165) is 4.91 Å². The van der Waals surface area contributed by atoms with Gasteiger partial charge in [-0.25, -0.2) is 0 Å². The van der Waals surface area contributed by atoms with Crippen LogP contribution in [-0.4, -0.2) is 20.5 Å². The predicted molar refractivity (Wildman–Crippen MR) is 58.3 cm³/mol. The SMILES string of the molecule is Cn1[nH]c(=O)c(=O)nc1SC1=CC(=O)CC1. The van der Waals surface area contributed by atoms with Gasteiger partial charge in [-0.05, 0) is 17.4 Å². The minimum Gasteiger partial charge on any atom is -0.295 e. The molecule has 1 aliphatic rings. The molecule has 2 rings (SSSR count). The zero-order valence-corrected chi connectivity index (χ0v) is 9.34. The van der Waals surface area contributed by atoms with Gasteiger partial charge in [-0.15, -0.1) is 0 Å². The molecule has 0 saturated carbocycles. The van der Waals surface area contributed by atoms with Crippen molar-refractivity contribution in [3.8, 4) is 0 Å². The van der Waals surface area contributed by atoms with Crippen LogP contribution in [0.5, 0.6) is 0 Å². The number of thioether (sulfide) groups is 1. The minimum absolute atomic E-state index is 0.0805. The molecule has 16 heavy (non-hydrogen) atoms. The molecule has 7 heteroatoms. The quantitative estimate of drug-likeness (QED) is 0.723. The van der Waals surface area contributed by atoms with Crippen LogP contribution in [0.25, 0.3) is 0 Å². The number of carbonyl (C=O) groups excluding carboxylic acids is 1. The van der Waals surface area contributed by atoms with Crippen LogP contribution in [0.15, 0.2) is 25.7 Å². The molecule has 0 atom stereocenters. The number of rotatable bonds is 2. The van der Waals surface area contributed by atoms with E-state index in [9.17, 15) is 14.4 Å². The van der Waals surface area contributed by atoms with Crippen molar-refractivity contribution >= 4 is 17.5 Å². The fourth-order valence-corrected chi connectivity index (χ4v) is 2.26. The molecule has 0 aliphatic heterocycles. The summed E-state index contributed by atoms with van der Waals surface area (Å²) in [6.07, 6.45) is 2.71. The van der Waals surface area contributed by atoms with E-state index in [1.807, 2.05) is 0 Å². The Labute approximate surface area is 94.4 Å². The second-order valence-corrected chi connectivity index (χ2v) is 4.47. The van der Waals surface area contributed by atoms with E-state index >= 15 is 0 Å². The molecule has 0 radical (unpaired) electrons. The summed E-state index contributed by atoms with van der Waals surface area (Å²) < 4.78 is 1.37. The molecule has 1 aliphatic carbocycles. The number of hydrogen-bond acceptors (Lipinski definition) is 5. The summed E-state index contributed by atoms with van der Waals surface area (Å²) in [5.41, 5.74) is -1.56. The second-order valence-electron chi connectivity index (χ2n) is 3.38. The van der Waals surface area contributed by atoms with Crippen LogP contribution in [0.1, 0.15) is 12.8 Å². The maximum Gasteiger partial charge on any atom is 0.339 e. The van der Waals surface area contributed by atoms with Crippen molar-refractivity contribution in [1.29, 1.82) is 0 Å². The number of nitrogens with zero attached hydrogens (tertiary/aromatic N) is 2. The van der Waals surface area contributed by atoms with E-state index in [1.54, 1.807) is 13.1 Å². The van der Waals surface area contributed by atoms with Crippen LogP contribution in [-0.2, 0) is 11.8 Å². The number of H-pyrrole nitrogens is 1. The average Bonchev–Trinajstić information content (AvgIpc) is 2.60. The van der Waals surface area contributed by atoms with Gasteiger partial charge in [0.15, 0.2) is 10.9 Å². The molecular weight excluding hydrogens is 230 g/mol. The summed E-state index contributed by atoms with van der Waals surface area (Å²) in [5, 5.41) is 2.73. The van der Waals surface area contributed by atoms with E-state index in [-0.39, 0.29) is 5.78 Å². The zero-order valence-electron chi connectivity index (χ0n) is 8.52. The molecule has 0 bridgehead atoms. The van der Waals surface area contributed by atoms with Gasteiger partial charge >= 0.3 is 11.1 Å². The molecule has 1 aromatic rings. The number of carbonyl (C=O) groups is 1. The van der Waals surface area contributed by atoms with E-state index in [1.165, 1.54) is 16.4 Å². The van der Waals surface area contributed by atoms with Crippen LogP contribution < -0.4 is 11.1 Å². The summed E-state index contributed by atoms with van der Waals surface area (Å²) in [6.45, 7) is 0. The lowest BCUT2D eigenvalue weighted by atomic mass is 10.3. The van der Waals surface area contributed by atoms with Gasteiger partial charge in [-0.2, -0.15) is 4.98 Å². The van der Waals surface area contributed by atoms with Crippen molar-refractivity contribution in [3.05, 3.63) is 31.7 Å². The van der Waals surface area contributed by atoms with E-state index in [2.05, 4.69) is 10.1 Å². The van der Waals surface area contributed by atoms with Gasteiger partial charge in [0, 0.05) is 13.5 Å². The highest BCUT2D eigenvalue weighted by molar-refractivity contribution is 8.03. The van der Waals surface area contributed by atoms with Crippen LogP contribution in [0.3, 0.4) is 0 Å². The maximum atomic E-state index is 11.1. The second kappa shape index (κ2) is 4.09. The number of aromatic amines is 1. The largest absolute Gasteiger partial charge is 0.339 e. The van der Waals surface area contributed by atoms with E-state index < -0.39 is 11.1 Å². The monoisotopic (exact) mass is 239 g/mol. The number of nitrogens with one attached hydrogen (secondary N) is 1. The zero-order chi connectivity index (χ0) is 11.7. The van der Waals surface area contributed by atoms with Crippen molar-refractivity contribution in [2.45, 2.75) is 18.0 Å². The van der Waals surface area contributed by atoms with Gasteiger partial charge in [-0.3, -0.25) is 24.2 Å². The van der Waals surface area contributed by atoms with Gasteiger partial charge in [0.1, 0.15) is 0 Å². The molecule has 0 aromatic carbocycles. The third-order valence-electron chi connectivity index (χ3n) is 2.11.